The highest BCUT2D eigenvalue weighted by atomic mass is 16.3. The van der Waals surface area contributed by atoms with Gasteiger partial charge in [0, 0.05) is 13.1 Å². The molecule has 0 spiro atoms. The lowest BCUT2D eigenvalue weighted by atomic mass is 10.0. The zero-order valence-corrected chi connectivity index (χ0v) is 8.10. The van der Waals surface area contributed by atoms with Gasteiger partial charge in [0.05, 0.1) is 6.10 Å². The van der Waals surface area contributed by atoms with Gasteiger partial charge in [-0.15, -0.1) is 0 Å². The SMILES string of the molecule is CC(O)c1ccc2c(c1)CN(C=O)C2. The van der Waals surface area contributed by atoms with Gasteiger partial charge in [-0.25, -0.2) is 0 Å². The molecule has 1 heterocycles. The minimum Gasteiger partial charge on any atom is -0.389 e. The number of fused-ring (bicyclic) bond motifs is 1. The molecular weight excluding hydrogens is 178 g/mol. The second kappa shape index (κ2) is 3.42. The zero-order valence-electron chi connectivity index (χ0n) is 8.10. The van der Waals surface area contributed by atoms with Crippen molar-refractivity contribution in [3.05, 3.63) is 34.9 Å². The molecule has 3 heteroatoms. The fraction of sp³-hybridized carbons (Fsp3) is 0.364. The Morgan fingerprint density at radius 3 is 2.79 bits per heavy atom. The first kappa shape index (κ1) is 9.21. The maximum absolute atomic E-state index is 10.6. The van der Waals surface area contributed by atoms with Crippen molar-refractivity contribution in [1.82, 2.24) is 4.90 Å². The van der Waals surface area contributed by atoms with Gasteiger partial charge in [-0.05, 0) is 23.6 Å². The minimum absolute atomic E-state index is 0.439. The van der Waals surface area contributed by atoms with Crippen molar-refractivity contribution in [2.45, 2.75) is 26.1 Å². The molecule has 74 valence electrons. The van der Waals surface area contributed by atoms with Crippen molar-refractivity contribution in [2.24, 2.45) is 0 Å². The normalized spacial score (nSPS) is 16.6. The Kier molecular flexibility index (Phi) is 2.25. The number of nitrogens with zero attached hydrogens (tertiary/aromatic N) is 1. The molecule has 0 saturated heterocycles. The van der Waals surface area contributed by atoms with Gasteiger partial charge in [0.2, 0.25) is 6.41 Å². The second-order valence-corrected chi connectivity index (χ2v) is 3.71. The molecule has 3 nitrogen and oxygen atoms in total. The third-order valence-corrected chi connectivity index (χ3v) is 2.61. The molecule has 1 unspecified atom stereocenters. The minimum atomic E-state index is -0.439. The first-order valence-electron chi connectivity index (χ1n) is 4.70. The molecule has 2 rings (SSSR count). The summed E-state index contributed by atoms with van der Waals surface area (Å²) in [6.07, 6.45) is 0.424. The van der Waals surface area contributed by atoms with Crippen LogP contribution >= 0.6 is 0 Å². The molecule has 0 radical (unpaired) electrons. The van der Waals surface area contributed by atoms with Crippen molar-refractivity contribution >= 4 is 6.41 Å². The van der Waals surface area contributed by atoms with E-state index in [4.69, 9.17) is 0 Å². The maximum Gasteiger partial charge on any atom is 0.210 e. The second-order valence-electron chi connectivity index (χ2n) is 3.71. The maximum atomic E-state index is 10.6. The Balaban J connectivity index is 2.30. The van der Waals surface area contributed by atoms with Crippen LogP contribution in [0, 0.1) is 0 Å². The van der Waals surface area contributed by atoms with Gasteiger partial charge in [0.25, 0.3) is 0 Å². The quantitative estimate of drug-likeness (QED) is 0.714. The average molecular weight is 191 g/mol. The monoisotopic (exact) mass is 191 g/mol. The van der Waals surface area contributed by atoms with Crippen molar-refractivity contribution in [1.29, 1.82) is 0 Å². The van der Waals surface area contributed by atoms with Gasteiger partial charge < -0.3 is 10.0 Å². The molecule has 0 fully saturated rings. The molecular formula is C11H13NO2. The highest BCUT2D eigenvalue weighted by Gasteiger charge is 2.17. The Bertz CT molecular complexity index is 360. The van der Waals surface area contributed by atoms with Gasteiger partial charge in [0.1, 0.15) is 0 Å². The number of rotatable bonds is 2. The Morgan fingerprint density at radius 2 is 2.14 bits per heavy atom. The topological polar surface area (TPSA) is 40.5 Å². The molecule has 0 aromatic heterocycles. The van der Waals surface area contributed by atoms with Crippen molar-refractivity contribution in [2.75, 3.05) is 0 Å². The molecule has 0 saturated carbocycles. The number of carbonyl (C=O) groups excluding carboxylic acids is 1. The van der Waals surface area contributed by atoms with E-state index in [0.29, 0.717) is 13.1 Å². The molecule has 1 aliphatic rings. The van der Waals surface area contributed by atoms with E-state index in [1.807, 2.05) is 18.2 Å². The van der Waals surface area contributed by atoms with E-state index < -0.39 is 6.10 Å². The van der Waals surface area contributed by atoms with Crippen LogP contribution in [0.4, 0.5) is 0 Å². The van der Waals surface area contributed by atoms with Crippen LogP contribution in [0.2, 0.25) is 0 Å². The van der Waals surface area contributed by atoms with Gasteiger partial charge in [0.15, 0.2) is 0 Å². The molecule has 1 aromatic rings. The van der Waals surface area contributed by atoms with E-state index in [2.05, 4.69) is 0 Å². The van der Waals surface area contributed by atoms with Gasteiger partial charge in [-0.3, -0.25) is 4.79 Å². The fourth-order valence-electron chi connectivity index (χ4n) is 1.78. The first-order valence-corrected chi connectivity index (χ1v) is 4.70. The predicted molar refractivity (Wildman–Crippen MR) is 52.4 cm³/mol. The van der Waals surface area contributed by atoms with E-state index in [9.17, 15) is 9.90 Å². The van der Waals surface area contributed by atoms with Gasteiger partial charge in [-0.2, -0.15) is 0 Å². The Morgan fingerprint density at radius 1 is 1.43 bits per heavy atom. The largest absolute Gasteiger partial charge is 0.389 e. The molecule has 0 bridgehead atoms. The number of hydrogen-bond acceptors (Lipinski definition) is 2. The number of amides is 1. The van der Waals surface area contributed by atoms with Crippen LogP contribution in [0.15, 0.2) is 18.2 Å². The van der Waals surface area contributed by atoms with E-state index in [-0.39, 0.29) is 0 Å². The summed E-state index contributed by atoms with van der Waals surface area (Å²) in [5, 5.41) is 9.39. The molecule has 1 amide bonds. The van der Waals surface area contributed by atoms with E-state index in [1.165, 1.54) is 5.56 Å². The van der Waals surface area contributed by atoms with Gasteiger partial charge in [-0.1, -0.05) is 18.2 Å². The van der Waals surface area contributed by atoms with Gasteiger partial charge >= 0.3 is 0 Å². The predicted octanol–water partition coefficient (Wildman–Crippen LogP) is 1.21. The molecule has 0 aliphatic carbocycles. The highest BCUT2D eigenvalue weighted by Crippen LogP contribution is 2.24. The van der Waals surface area contributed by atoms with Crippen LogP contribution in [0.25, 0.3) is 0 Å². The summed E-state index contributed by atoms with van der Waals surface area (Å²) in [5.41, 5.74) is 3.24. The summed E-state index contributed by atoms with van der Waals surface area (Å²) in [7, 11) is 0. The van der Waals surface area contributed by atoms with Crippen molar-refractivity contribution < 1.29 is 9.90 Å². The molecule has 1 aromatic carbocycles. The third kappa shape index (κ3) is 1.51. The smallest absolute Gasteiger partial charge is 0.210 e. The van der Waals surface area contributed by atoms with Crippen LogP contribution in [0.1, 0.15) is 29.7 Å². The number of aliphatic hydroxyl groups excluding tert-OH is 1. The molecule has 1 N–H and O–H groups in total. The lowest BCUT2D eigenvalue weighted by Gasteiger charge is -2.06. The van der Waals surface area contributed by atoms with Crippen molar-refractivity contribution in [3.63, 3.8) is 0 Å². The molecule has 14 heavy (non-hydrogen) atoms. The van der Waals surface area contributed by atoms with Crippen LogP contribution in [-0.4, -0.2) is 16.4 Å². The summed E-state index contributed by atoms with van der Waals surface area (Å²) in [6, 6.07) is 5.88. The third-order valence-electron chi connectivity index (χ3n) is 2.61. The number of aliphatic hydroxyl groups is 1. The summed E-state index contributed by atoms with van der Waals surface area (Å²) in [6.45, 7) is 3.10. The van der Waals surface area contributed by atoms with Crippen LogP contribution in [0.3, 0.4) is 0 Å². The van der Waals surface area contributed by atoms with E-state index >= 15 is 0 Å². The Hall–Kier alpha value is -1.35. The van der Waals surface area contributed by atoms with Crippen molar-refractivity contribution in [3.8, 4) is 0 Å². The summed E-state index contributed by atoms with van der Waals surface area (Å²) < 4.78 is 0. The summed E-state index contributed by atoms with van der Waals surface area (Å²) in [5.74, 6) is 0. The van der Waals surface area contributed by atoms with Crippen LogP contribution in [0.5, 0.6) is 0 Å². The number of benzene rings is 1. The standard InChI is InChI=1S/C11H13NO2/c1-8(14)9-2-3-10-5-12(7-13)6-11(10)4-9/h2-4,7-8,14H,5-6H2,1H3. The highest BCUT2D eigenvalue weighted by molar-refractivity contribution is 5.51. The number of hydrogen-bond donors (Lipinski definition) is 1. The summed E-state index contributed by atoms with van der Waals surface area (Å²) in [4.78, 5) is 12.3. The van der Waals surface area contributed by atoms with Crippen LogP contribution in [-0.2, 0) is 17.9 Å². The molecule has 1 atom stereocenters. The average Bonchev–Trinajstić information content (AvgIpc) is 2.58. The lowest BCUT2D eigenvalue weighted by molar-refractivity contribution is -0.118. The fourth-order valence-corrected chi connectivity index (χ4v) is 1.78. The van der Waals surface area contributed by atoms with E-state index in [0.717, 1.165) is 17.5 Å². The zero-order chi connectivity index (χ0) is 10.1. The first-order chi connectivity index (χ1) is 6.70. The summed E-state index contributed by atoms with van der Waals surface area (Å²) >= 11 is 0. The number of carbonyl (C=O) groups is 1. The Labute approximate surface area is 83.0 Å². The molecule has 1 aliphatic heterocycles. The van der Waals surface area contributed by atoms with E-state index in [1.54, 1.807) is 11.8 Å². The van der Waals surface area contributed by atoms with Crippen LogP contribution < -0.4 is 0 Å². The lowest BCUT2D eigenvalue weighted by Crippen LogP contribution is -2.12.